The molecule has 2 heterocycles. The molecule has 0 unspecified atom stereocenters. The first kappa shape index (κ1) is 15.4. The Morgan fingerprint density at radius 3 is 2.70 bits per heavy atom. The minimum Gasteiger partial charge on any atom is -0.477 e. The summed E-state index contributed by atoms with van der Waals surface area (Å²) in [6.07, 6.45) is 1.95. The summed E-state index contributed by atoms with van der Waals surface area (Å²) >= 11 is 0.921. The summed E-state index contributed by atoms with van der Waals surface area (Å²) < 4.78 is 26.7. The molecule has 1 aliphatic heterocycles. The van der Waals surface area contributed by atoms with Gasteiger partial charge in [0, 0.05) is 11.9 Å². The number of sulfonamides is 1. The molecule has 0 saturated carbocycles. The molecule has 1 aliphatic rings. The van der Waals surface area contributed by atoms with E-state index in [2.05, 4.69) is 16.7 Å². The van der Waals surface area contributed by atoms with Crippen molar-refractivity contribution in [2.24, 2.45) is 5.92 Å². The summed E-state index contributed by atoms with van der Waals surface area (Å²) in [6, 6.07) is 1.20. The number of nitrogens with zero attached hydrogens (tertiary/aromatic N) is 1. The molecule has 1 saturated heterocycles. The van der Waals surface area contributed by atoms with Crippen LogP contribution in [0.25, 0.3) is 0 Å². The van der Waals surface area contributed by atoms with Gasteiger partial charge in [-0.2, -0.15) is 0 Å². The van der Waals surface area contributed by atoms with Crippen molar-refractivity contribution in [2.45, 2.75) is 17.7 Å². The largest absolute Gasteiger partial charge is 0.477 e. The molecule has 0 aliphatic carbocycles. The standard InChI is InChI=1S/C12H18N2O4S2/c1-14-4-2-9(3-5-14)7-13-20(17,18)10-6-11(12(15)16)19-8-10/h6,8-9,13H,2-5,7H2,1H3,(H,15,16). The summed E-state index contributed by atoms with van der Waals surface area (Å²) in [5.41, 5.74) is 0. The van der Waals surface area contributed by atoms with Crippen LogP contribution in [-0.2, 0) is 10.0 Å². The fraction of sp³-hybridized carbons (Fsp3) is 0.583. The number of hydrogen-bond donors (Lipinski definition) is 2. The number of rotatable bonds is 5. The fourth-order valence-electron chi connectivity index (χ4n) is 2.15. The van der Waals surface area contributed by atoms with Crippen molar-refractivity contribution in [3.63, 3.8) is 0 Å². The molecule has 6 nitrogen and oxygen atoms in total. The van der Waals surface area contributed by atoms with E-state index in [-0.39, 0.29) is 9.77 Å². The third kappa shape index (κ3) is 3.78. The molecule has 0 bridgehead atoms. The molecule has 1 fully saturated rings. The quantitative estimate of drug-likeness (QED) is 0.848. The van der Waals surface area contributed by atoms with Gasteiger partial charge in [0.2, 0.25) is 10.0 Å². The van der Waals surface area contributed by atoms with E-state index < -0.39 is 16.0 Å². The van der Waals surface area contributed by atoms with Crippen LogP contribution in [0.5, 0.6) is 0 Å². The Hall–Kier alpha value is -0.960. The third-order valence-electron chi connectivity index (χ3n) is 3.50. The Kier molecular flexibility index (Phi) is 4.79. The van der Waals surface area contributed by atoms with Crippen molar-refractivity contribution < 1.29 is 18.3 Å². The minimum absolute atomic E-state index is 0.0321. The van der Waals surface area contributed by atoms with E-state index in [0.717, 1.165) is 37.3 Å². The van der Waals surface area contributed by atoms with Crippen LogP contribution in [0, 0.1) is 5.92 Å². The number of hydrogen-bond acceptors (Lipinski definition) is 5. The molecule has 1 aromatic heterocycles. The van der Waals surface area contributed by atoms with Crippen LogP contribution in [0.3, 0.4) is 0 Å². The van der Waals surface area contributed by atoms with Crippen molar-refractivity contribution in [2.75, 3.05) is 26.7 Å². The van der Waals surface area contributed by atoms with Crippen LogP contribution in [-0.4, -0.2) is 51.1 Å². The lowest BCUT2D eigenvalue weighted by Crippen LogP contribution is -2.36. The van der Waals surface area contributed by atoms with Crippen LogP contribution in [0.15, 0.2) is 16.3 Å². The van der Waals surface area contributed by atoms with Gasteiger partial charge in [-0.1, -0.05) is 0 Å². The smallest absolute Gasteiger partial charge is 0.345 e. The van der Waals surface area contributed by atoms with E-state index in [9.17, 15) is 13.2 Å². The Balaban J connectivity index is 1.95. The second-order valence-electron chi connectivity index (χ2n) is 5.05. The lowest BCUT2D eigenvalue weighted by Gasteiger charge is -2.28. The number of carbonyl (C=O) groups is 1. The van der Waals surface area contributed by atoms with E-state index in [0.29, 0.717) is 12.5 Å². The number of carboxylic acid groups (broad SMARTS) is 1. The number of thiophene rings is 1. The van der Waals surface area contributed by atoms with Crippen molar-refractivity contribution >= 4 is 27.3 Å². The summed E-state index contributed by atoms with van der Waals surface area (Å²) in [4.78, 5) is 13.1. The van der Waals surface area contributed by atoms with E-state index in [1.54, 1.807) is 0 Å². The van der Waals surface area contributed by atoms with Gasteiger partial charge in [-0.25, -0.2) is 17.9 Å². The third-order valence-corrected chi connectivity index (χ3v) is 5.97. The highest BCUT2D eigenvalue weighted by Crippen LogP contribution is 2.20. The van der Waals surface area contributed by atoms with Gasteiger partial charge in [0.05, 0.1) is 4.90 Å². The molecule has 0 aromatic carbocycles. The molecule has 0 radical (unpaired) electrons. The van der Waals surface area contributed by atoms with Crippen LogP contribution in [0.1, 0.15) is 22.5 Å². The van der Waals surface area contributed by atoms with Gasteiger partial charge in [-0.15, -0.1) is 11.3 Å². The van der Waals surface area contributed by atoms with E-state index in [1.165, 1.54) is 11.4 Å². The zero-order valence-corrected chi connectivity index (χ0v) is 12.8. The zero-order chi connectivity index (χ0) is 14.8. The van der Waals surface area contributed by atoms with Crippen LogP contribution < -0.4 is 4.72 Å². The average molecular weight is 318 g/mol. The van der Waals surface area contributed by atoms with Gasteiger partial charge < -0.3 is 10.0 Å². The maximum Gasteiger partial charge on any atom is 0.345 e. The molecule has 20 heavy (non-hydrogen) atoms. The topological polar surface area (TPSA) is 86.7 Å². The highest BCUT2D eigenvalue weighted by atomic mass is 32.2. The predicted octanol–water partition coefficient (Wildman–Crippen LogP) is 1.07. The molecule has 2 rings (SSSR count). The lowest BCUT2D eigenvalue weighted by molar-refractivity contribution is 0.0702. The highest BCUT2D eigenvalue weighted by molar-refractivity contribution is 7.89. The van der Waals surface area contributed by atoms with E-state index >= 15 is 0 Å². The molecule has 2 N–H and O–H groups in total. The van der Waals surface area contributed by atoms with Crippen molar-refractivity contribution in [3.05, 3.63) is 16.3 Å². The minimum atomic E-state index is -3.60. The molecule has 8 heteroatoms. The molecule has 0 spiro atoms. The number of piperidine rings is 1. The summed E-state index contributed by atoms with van der Waals surface area (Å²) in [5, 5.41) is 10.2. The molecule has 112 valence electrons. The summed E-state index contributed by atoms with van der Waals surface area (Å²) in [7, 11) is -1.55. The van der Waals surface area contributed by atoms with Crippen LogP contribution >= 0.6 is 11.3 Å². The second kappa shape index (κ2) is 6.21. The number of aromatic carboxylic acids is 1. The first-order valence-electron chi connectivity index (χ1n) is 6.38. The van der Waals surface area contributed by atoms with Gasteiger partial charge in [-0.05, 0) is 45.0 Å². The number of nitrogens with one attached hydrogen (secondary N) is 1. The van der Waals surface area contributed by atoms with Gasteiger partial charge in [0.1, 0.15) is 4.88 Å². The highest BCUT2D eigenvalue weighted by Gasteiger charge is 2.22. The Morgan fingerprint density at radius 1 is 1.50 bits per heavy atom. The van der Waals surface area contributed by atoms with Crippen molar-refractivity contribution in [1.82, 2.24) is 9.62 Å². The maximum atomic E-state index is 12.1. The average Bonchev–Trinajstić information content (AvgIpc) is 2.89. The number of likely N-dealkylation sites (tertiary alicyclic amines) is 1. The van der Waals surface area contributed by atoms with Crippen LogP contribution in [0.2, 0.25) is 0 Å². The first-order valence-corrected chi connectivity index (χ1v) is 8.75. The van der Waals surface area contributed by atoms with Gasteiger partial charge in [0.25, 0.3) is 0 Å². The van der Waals surface area contributed by atoms with Crippen molar-refractivity contribution in [1.29, 1.82) is 0 Å². The van der Waals surface area contributed by atoms with E-state index in [1.807, 2.05) is 0 Å². The number of carboxylic acids is 1. The Labute approximate surface area is 122 Å². The van der Waals surface area contributed by atoms with Crippen LogP contribution in [0.4, 0.5) is 0 Å². The van der Waals surface area contributed by atoms with Crippen molar-refractivity contribution in [3.8, 4) is 0 Å². The lowest BCUT2D eigenvalue weighted by atomic mass is 9.98. The molecule has 0 atom stereocenters. The molecule has 0 amide bonds. The summed E-state index contributed by atoms with van der Waals surface area (Å²) in [6.45, 7) is 2.37. The molecular formula is C12H18N2O4S2. The molecule has 1 aromatic rings. The monoisotopic (exact) mass is 318 g/mol. The van der Waals surface area contributed by atoms with E-state index in [4.69, 9.17) is 5.11 Å². The van der Waals surface area contributed by atoms with Gasteiger partial charge in [-0.3, -0.25) is 0 Å². The Bertz CT molecular complexity index is 574. The molecular weight excluding hydrogens is 300 g/mol. The van der Waals surface area contributed by atoms with Gasteiger partial charge >= 0.3 is 5.97 Å². The first-order chi connectivity index (χ1) is 9.38. The second-order valence-corrected chi connectivity index (χ2v) is 7.73. The van der Waals surface area contributed by atoms with Gasteiger partial charge in [0.15, 0.2) is 0 Å². The maximum absolute atomic E-state index is 12.1. The zero-order valence-electron chi connectivity index (χ0n) is 11.2. The summed E-state index contributed by atoms with van der Waals surface area (Å²) in [5.74, 6) is -0.759. The Morgan fingerprint density at radius 2 is 2.15 bits per heavy atom. The fourth-order valence-corrected chi connectivity index (χ4v) is 4.38. The predicted molar refractivity (Wildman–Crippen MR) is 76.7 cm³/mol. The SMILES string of the molecule is CN1CCC(CNS(=O)(=O)c2csc(C(=O)O)c2)CC1. The normalized spacial score (nSPS) is 18.2.